The number of benzene rings is 2. The summed E-state index contributed by atoms with van der Waals surface area (Å²) in [6.07, 6.45) is 6.32. The molecule has 5 rings (SSSR count). The molecular formula is C25H29N3O4S. The molecule has 2 aromatic heterocycles. The number of hydrogen-bond acceptors (Lipinski definition) is 4. The SMILES string of the molecule is CCCn1c(-c2ccc(N3CCCS3(C)(=O)O)cc2)c(-c2cnco2)c2ccc(OC)cc21. The molecule has 0 atom stereocenters. The molecule has 7 nitrogen and oxygen atoms in total. The van der Waals surface area contributed by atoms with Gasteiger partial charge in [0.2, 0.25) is 0 Å². The van der Waals surface area contributed by atoms with Crippen molar-refractivity contribution in [2.24, 2.45) is 0 Å². The van der Waals surface area contributed by atoms with Gasteiger partial charge < -0.3 is 13.7 Å². The van der Waals surface area contributed by atoms with Crippen molar-refractivity contribution in [1.29, 1.82) is 0 Å². The molecule has 0 aliphatic carbocycles. The normalized spacial score (nSPS) is 18.3. The minimum Gasteiger partial charge on any atom is -0.497 e. The van der Waals surface area contributed by atoms with Crippen LogP contribution in [0.2, 0.25) is 0 Å². The van der Waals surface area contributed by atoms with E-state index >= 15 is 0 Å². The molecule has 0 unspecified atom stereocenters. The van der Waals surface area contributed by atoms with Gasteiger partial charge >= 0.3 is 0 Å². The van der Waals surface area contributed by atoms with Crippen LogP contribution in [0.3, 0.4) is 0 Å². The van der Waals surface area contributed by atoms with Crippen LogP contribution < -0.4 is 9.04 Å². The second-order valence-corrected chi connectivity index (χ2v) is 12.5. The number of rotatable bonds is 6. The predicted octanol–water partition coefficient (Wildman–Crippen LogP) is 5.43. The molecule has 1 saturated heterocycles. The Morgan fingerprint density at radius 2 is 2.00 bits per heavy atom. The van der Waals surface area contributed by atoms with E-state index in [1.54, 1.807) is 17.6 Å². The Kier molecular flexibility index (Phi) is 5.10. The zero-order valence-corrected chi connectivity index (χ0v) is 20.0. The molecule has 33 heavy (non-hydrogen) atoms. The van der Waals surface area contributed by atoms with E-state index in [9.17, 15) is 8.76 Å². The summed E-state index contributed by atoms with van der Waals surface area (Å²) in [6, 6.07) is 14.0. The highest BCUT2D eigenvalue weighted by Crippen LogP contribution is 2.43. The first-order valence-corrected chi connectivity index (χ1v) is 13.6. The van der Waals surface area contributed by atoms with E-state index in [0.717, 1.165) is 52.1 Å². The molecule has 174 valence electrons. The lowest BCUT2D eigenvalue weighted by Gasteiger charge is -2.44. The van der Waals surface area contributed by atoms with Crippen LogP contribution in [-0.4, -0.2) is 44.0 Å². The average molecular weight is 468 g/mol. The number of aromatic nitrogens is 2. The first kappa shape index (κ1) is 21.7. The van der Waals surface area contributed by atoms with E-state index < -0.39 is 9.53 Å². The molecule has 1 N–H and O–H groups in total. The summed E-state index contributed by atoms with van der Waals surface area (Å²) in [4.78, 5) is 4.15. The van der Waals surface area contributed by atoms with Crippen LogP contribution in [0.15, 0.2) is 59.5 Å². The molecule has 1 aliphatic rings. The average Bonchev–Trinajstić information content (AvgIpc) is 3.50. The van der Waals surface area contributed by atoms with Crippen molar-refractivity contribution < 1.29 is 17.9 Å². The van der Waals surface area contributed by atoms with Gasteiger partial charge in [0, 0.05) is 30.8 Å². The highest BCUT2D eigenvalue weighted by atomic mass is 32.3. The van der Waals surface area contributed by atoms with Crippen molar-refractivity contribution in [3.63, 3.8) is 0 Å². The Bertz CT molecular complexity index is 1370. The first-order chi connectivity index (χ1) is 15.8. The third-order valence-corrected chi connectivity index (χ3v) is 9.12. The monoisotopic (exact) mass is 467 g/mol. The molecule has 0 amide bonds. The molecule has 8 heteroatoms. The van der Waals surface area contributed by atoms with Gasteiger partial charge in [0.1, 0.15) is 5.75 Å². The Balaban J connectivity index is 1.71. The van der Waals surface area contributed by atoms with Crippen LogP contribution >= 0.6 is 0 Å². The summed E-state index contributed by atoms with van der Waals surface area (Å²) in [7, 11) is -2.12. The fourth-order valence-electron chi connectivity index (χ4n) is 4.87. The lowest BCUT2D eigenvalue weighted by molar-refractivity contribution is 0.415. The van der Waals surface area contributed by atoms with Crippen molar-refractivity contribution in [2.45, 2.75) is 26.3 Å². The van der Waals surface area contributed by atoms with Gasteiger partial charge in [-0.05, 0) is 42.7 Å². The Labute approximate surface area is 193 Å². The van der Waals surface area contributed by atoms with Gasteiger partial charge in [-0.3, -0.25) is 8.86 Å². The number of oxazole rings is 1. The molecule has 3 heterocycles. The quantitative estimate of drug-likeness (QED) is 0.409. The van der Waals surface area contributed by atoms with Gasteiger partial charge in [-0.2, -0.15) is 4.21 Å². The summed E-state index contributed by atoms with van der Waals surface area (Å²) >= 11 is 0. The Morgan fingerprint density at radius 1 is 1.21 bits per heavy atom. The van der Waals surface area contributed by atoms with Crippen molar-refractivity contribution in [2.75, 3.05) is 30.0 Å². The molecule has 1 fully saturated rings. The number of anilines is 1. The van der Waals surface area contributed by atoms with Crippen LogP contribution in [0.25, 0.3) is 33.5 Å². The Morgan fingerprint density at radius 3 is 2.61 bits per heavy atom. The number of aryl methyl sites for hydroxylation is 1. The molecule has 1 aliphatic heterocycles. The fraction of sp³-hybridized carbons (Fsp3) is 0.320. The number of methoxy groups -OCH3 is 1. The second kappa shape index (κ2) is 7.74. The summed E-state index contributed by atoms with van der Waals surface area (Å²) in [6.45, 7) is 3.55. The molecule has 0 bridgehead atoms. The van der Waals surface area contributed by atoms with E-state index in [-0.39, 0.29) is 0 Å². The molecule has 0 radical (unpaired) electrons. The van der Waals surface area contributed by atoms with Crippen molar-refractivity contribution in [1.82, 2.24) is 9.55 Å². The topological polar surface area (TPSA) is 80.7 Å². The maximum atomic E-state index is 13.0. The lowest BCUT2D eigenvalue weighted by atomic mass is 10.0. The maximum Gasteiger partial charge on any atom is 0.181 e. The minimum atomic E-state index is -3.79. The van der Waals surface area contributed by atoms with Crippen LogP contribution in [0.1, 0.15) is 19.8 Å². The predicted molar refractivity (Wildman–Crippen MR) is 133 cm³/mol. The van der Waals surface area contributed by atoms with Gasteiger partial charge in [-0.25, -0.2) is 4.98 Å². The third kappa shape index (κ3) is 3.63. The van der Waals surface area contributed by atoms with Crippen molar-refractivity contribution >= 4 is 26.1 Å². The number of ether oxygens (including phenoxy) is 1. The van der Waals surface area contributed by atoms with Gasteiger partial charge in [-0.15, -0.1) is 9.53 Å². The van der Waals surface area contributed by atoms with E-state index in [0.29, 0.717) is 24.5 Å². The number of fused-ring (bicyclic) bond motifs is 1. The fourth-order valence-corrected chi connectivity index (χ4v) is 7.14. The van der Waals surface area contributed by atoms with Crippen molar-refractivity contribution in [3.05, 3.63) is 55.1 Å². The van der Waals surface area contributed by atoms with Crippen LogP contribution in [0.5, 0.6) is 5.75 Å². The number of hydrogen-bond donors (Lipinski definition) is 1. The summed E-state index contributed by atoms with van der Waals surface area (Å²) in [5.74, 6) is 1.80. The standard InChI is InChI=1S/C25H29N3O4S/c1-4-12-27-22-15-20(31-2)10-11-21(22)24(23-16-26-17-32-23)25(27)18-6-8-19(9-7-18)28-13-5-14-33(28,3,29)30/h6-11,15-17H,4-5,12-14H2,1-3H3,(H,29,30). The van der Waals surface area contributed by atoms with E-state index in [4.69, 9.17) is 9.15 Å². The zero-order chi connectivity index (χ0) is 23.2. The smallest absolute Gasteiger partial charge is 0.181 e. The molecule has 2 aromatic carbocycles. The third-order valence-electron chi connectivity index (χ3n) is 6.37. The van der Waals surface area contributed by atoms with E-state index in [2.05, 4.69) is 28.6 Å². The summed E-state index contributed by atoms with van der Waals surface area (Å²) in [5.41, 5.74) is 4.84. The van der Waals surface area contributed by atoms with Crippen LogP contribution in [-0.2, 0) is 16.1 Å². The molecule has 0 spiro atoms. The van der Waals surface area contributed by atoms with Crippen LogP contribution in [0.4, 0.5) is 5.69 Å². The molecular weight excluding hydrogens is 438 g/mol. The second-order valence-electron chi connectivity index (χ2n) is 8.76. The molecule has 4 aromatic rings. The molecule has 0 saturated carbocycles. The van der Waals surface area contributed by atoms with E-state index in [1.807, 2.05) is 30.3 Å². The highest BCUT2D eigenvalue weighted by Gasteiger charge is 2.35. The van der Waals surface area contributed by atoms with E-state index in [1.165, 1.54) is 12.6 Å². The van der Waals surface area contributed by atoms with Gasteiger partial charge in [0.15, 0.2) is 12.2 Å². The van der Waals surface area contributed by atoms with Crippen LogP contribution in [0, 0.1) is 0 Å². The van der Waals surface area contributed by atoms with Crippen molar-refractivity contribution in [3.8, 4) is 28.3 Å². The minimum absolute atomic E-state index is 0.307. The number of nitrogens with zero attached hydrogens (tertiary/aromatic N) is 3. The van der Waals surface area contributed by atoms with Gasteiger partial charge in [0.05, 0.1) is 41.5 Å². The van der Waals surface area contributed by atoms with Gasteiger partial charge in [-0.1, -0.05) is 19.1 Å². The highest BCUT2D eigenvalue weighted by molar-refractivity contribution is 8.15. The lowest BCUT2D eigenvalue weighted by Crippen LogP contribution is -2.46. The first-order valence-electron chi connectivity index (χ1n) is 11.2. The van der Waals surface area contributed by atoms with Gasteiger partial charge in [0.25, 0.3) is 0 Å². The summed E-state index contributed by atoms with van der Waals surface area (Å²) in [5, 5.41) is 1.06. The Hall–Kier alpha value is -3.10. The largest absolute Gasteiger partial charge is 0.497 e. The summed E-state index contributed by atoms with van der Waals surface area (Å²) < 4.78 is 39.0. The maximum absolute atomic E-state index is 13.0. The zero-order valence-electron chi connectivity index (χ0n) is 19.2.